The van der Waals surface area contributed by atoms with Crippen molar-refractivity contribution in [2.24, 2.45) is 0 Å². The highest BCUT2D eigenvalue weighted by atomic mass is 35.5. The minimum atomic E-state index is -3.55. The van der Waals surface area contributed by atoms with Gasteiger partial charge in [0.1, 0.15) is 5.75 Å². The van der Waals surface area contributed by atoms with Gasteiger partial charge >= 0.3 is 0 Å². The van der Waals surface area contributed by atoms with Gasteiger partial charge < -0.3 is 4.74 Å². The Morgan fingerprint density at radius 3 is 2.22 bits per heavy atom. The number of aryl methyl sites for hydroxylation is 1. The standard InChI is InChI=1S/C17H18ClNO3S/c1-12-3-9-15(10-4-12)23(20,21)19-11-16(18)17(19)13-5-7-14(22-2)8-6-13/h3-10,16-17H,11H2,1-2H3/t16-,17+/m0/s1. The van der Waals surface area contributed by atoms with Gasteiger partial charge in [0, 0.05) is 6.54 Å². The Kier molecular flexibility index (Phi) is 4.36. The Hall–Kier alpha value is -1.56. The Bertz CT molecular complexity index is 788. The van der Waals surface area contributed by atoms with Gasteiger partial charge in [-0.2, -0.15) is 4.31 Å². The summed E-state index contributed by atoms with van der Waals surface area (Å²) >= 11 is 6.30. The van der Waals surface area contributed by atoms with E-state index in [2.05, 4.69) is 0 Å². The van der Waals surface area contributed by atoms with E-state index in [0.717, 1.165) is 16.9 Å². The van der Waals surface area contributed by atoms with Crippen LogP contribution in [-0.2, 0) is 10.0 Å². The molecule has 0 radical (unpaired) electrons. The van der Waals surface area contributed by atoms with Gasteiger partial charge in [-0.1, -0.05) is 29.8 Å². The maximum absolute atomic E-state index is 12.8. The van der Waals surface area contributed by atoms with Crippen LogP contribution in [0.3, 0.4) is 0 Å². The third-order valence-corrected chi connectivity index (χ3v) is 6.33. The van der Waals surface area contributed by atoms with Gasteiger partial charge in [-0.25, -0.2) is 8.42 Å². The molecule has 1 aliphatic rings. The second kappa shape index (κ2) is 6.15. The first-order valence-corrected chi connectivity index (χ1v) is 9.17. The third-order valence-electron chi connectivity index (χ3n) is 4.09. The lowest BCUT2D eigenvalue weighted by Gasteiger charge is -2.44. The second-order valence-corrected chi connectivity index (χ2v) is 8.07. The van der Waals surface area contributed by atoms with Gasteiger partial charge in [-0.15, -0.1) is 11.6 Å². The monoisotopic (exact) mass is 351 g/mol. The van der Waals surface area contributed by atoms with Crippen molar-refractivity contribution in [1.29, 1.82) is 0 Å². The van der Waals surface area contributed by atoms with E-state index < -0.39 is 10.0 Å². The molecule has 4 nitrogen and oxygen atoms in total. The average molecular weight is 352 g/mol. The summed E-state index contributed by atoms with van der Waals surface area (Å²) in [5.41, 5.74) is 1.89. The predicted octanol–water partition coefficient (Wildman–Crippen LogP) is 3.36. The number of ether oxygens (including phenoxy) is 1. The van der Waals surface area contributed by atoms with Crippen molar-refractivity contribution in [3.63, 3.8) is 0 Å². The Labute approximate surface area is 141 Å². The van der Waals surface area contributed by atoms with E-state index in [4.69, 9.17) is 16.3 Å². The first kappa shape index (κ1) is 16.3. The number of benzene rings is 2. The number of halogens is 1. The van der Waals surface area contributed by atoms with Gasteiger partial charge in [0.25, 0.3) is 0 Å². The fraction of sp³-hybridized carbons (Fsp3) is 0.294. The first-order valence-electron chi connectivity index (χ1n) is 7.30. The molecule has 1 aliphatic heterocycles. The molecule has 1 heterocycles. The van der Waals surface area contributed by atoms with Gasteiger partial charge in [0.2, 0.25) is 10.0 Å². The van der Waals surface area contributed by atoms with Crippen molar-refractivity contribution < 1.29 is 13.2 Å². The normalized spacial score (nSPS) is 21.7. The van der Waals surface area contributed by atoms with E-state index in [1.807, 2.05) is 31.2 Å². The molecule has 0 bridgehead atoms. The summed E-state index contributed by atoms with van der Waals surface area (Å²) in [6.45, 7) is 2.24. The van der Waals surface area contributed by atoms with Crippen LogP contribution in [0.1, 0.15) is 17.2 Å². The van der Waals surface area contributed by atoms with Gasteiger partial charge in [-0.05, 0) is 36.8 Å². The van der Waals surface area contributed by atoms with Crippen molar-refractivity contribution >= 4 is 21.6 Å². The summed E-state index contributed by atoms with van der Waals surface area (Å²) in [6, 6.07) is 13.9. The zero-order valence-electron chi connectivity index (χ0n) is 12.9. The highest BCUT2D eigenvalue weighted by Crippen LogP contribution is 2.41. The number of nitrogens with zero attached hydrogens (tertiary/aromatic N) is 1. The zero-order valence-corrected chi connectivity index (χ0v) is 14.5. The van der Waals surface area contributed by atoms with Crippen molar-refractivity contribution in [2.45, 2.75) is 23.2 Å². The molecule has 0 saturated carbocycles. The van der Waals surface area contributed by atoms with Crippen LogP contribution in [0.2, 0.25) is 0 Å². The lowest BCUT2D eigenvalue weighted by Crippen LogP contribution is -2.53. The molecule has 1 saturated heterocycles. The molecule has 2 aromatic rings. The molecule has 6 heteroatoms. The van der Waals surface area contributed by atoms with Crippen LogP contribution in [-0.4, -0.2) is 31.8 Å². The fourth-order valence-electron chi connectivity index (χ4n) is 2.70. The molecule has 23 heavy (non-hydrogen) atoms. The Morgan fingerprint density at radius 1 is 1.09 bits per heavy atom. The number of hydrogen-bond donors (Lipinski definition) is 0. The largest absolute Gasteiger partial charge is 0.497 e. The van der Waals surface area contributed by atoms with Crippen LogP contribution >= 0.6 is 11.6 Å². The molecular weight excluding hydrogens is 334 g/mol. The van der Waals surface area contributed by atoms with Crippen LogP contribution in [0.15, 0.2) is 53.4 Å². The molecule has 0 spiro atoms. The molecule has 1 fully saturated rings. The molecule has 0 N–H and O–H groups in total. The molecule has 0 aromatic heterocycles. The molecule has 0 aliphatic carbocycles. The van der Waals surface area contributed by atoms with E-state index in [1.165, 1.54) is 4.31 Å². The van der Waals surface area contributed by atoms with Crippen LogP contribution < -0.4 is 4.74 Å². The summed E-state index contributed by atoms with van der Waals surface area (Å²) in [6.07, 6.45) is 0. The van der Waals surface area contributed by atoms with Crippen molar-refractivity contribution in [1.82, 2.24) is 4.31 Å². The maximum atomic E-state index is 12.8. The summed E-state index contributed by atoms with van der Waals surface area (Å²) in [7, 11) is -1.95. The smallest absolute Gasteiger partial charge is 0.243 e. The van der Waals surface area contributed by atoms with Crippen molar-refractivity contribution in [3.05, 3.63) is 59.7 Å². The minimum absolute atomic E-state index is 0.233. The molecule has 2 aromatic carbocycles. The van der Waals surface area contributed by atoms with E-state index in [9.17, 15) is 8.42 Å². The molecule has 0 amide bonds. The highest BCUT2D eigenvalue weighted by molar-refractivity contribution is 7.89. The van der Waals surface area contributed by atoms with E-state index in [0.29, 0.717) is 11.4 Å². The average Bonchev–Trinajstić information content (AvgIpc) is 2.53. The number of hydrogen-bond acceptors (Lipinski definition) is 3. The van der Waals surface area contributed by atoms with E-state index in [1.54, 1.807) is 31.4 Å². The van der Waals surface area contributed by atoms with Crippen LogP contribution in [0.5, 0.6) is 5.75 Å². The molecular formula is C17H18ClNO3S. The minimum Gasteiger partial charge on any atom is -0.497 e. The van der Waals surface area contributed by atoms with Gasteiger partial charge in [0.05, 0.1) is 23.4 Å². The van der Waals surface area contributed by atoms with Crippen molar-refractivity contribution in [3.8, 4) is 5.75 Å². The number of methoxy groups -OCH3 is 1. The third kappa shape index (κ3) is 2.96. The second-order valence-electron chi connectivity index (χ2n) is 5.62. The number of rotatable bonds is 4. The SMILES string of the molecule is COc1ccc([C@@H]2[C@@H](Cl)CN2S(=O)(=O)c2ccc(C)cc2)cc1. The Morgan fingerprint density at radius 2 is 1.70 bits per heavy atom. The molecule has 3 rings (SSSR count). The summed E-state index contributed by atoms with van der Waals surface area (Å²) in [5, 5.41) is -0.233. The summed E-state index contributed by atoms with van der Waals surface area (Å²) in [5.74, 6) is 0.729. The number of sulfonamides is 1. The van der Waals surface area contributed by atoms with Crippen molar-refractivity contribution in [2.75, 3.05) is 13.7 Å². The lowest BCUT2D eigenvalue weighted by atomic mass is 9.97. The zero-order chi connectivity index (χ0) is 16.6. The molecule has 0 unspecified atom stereocenters. The van der Waals surface area contributed by atoms with Gasteiger partial charge in [0.15, 0.2) is 0 Å². The van der Waals surface area contributed by atoms with Crippen LogP contribution in [0, 0.1) is 6.92 Å². The highest BCUT2D eigenvalue weighted by Gasteiger charge is 2.46. The molecule has 122 valence electrons. The number of alkyl halides is 1. The topological polar surface area (TPSA) is 46.6 Å². The maximum Gasteiger partial charge on any atom is 0.243 e. The van der Waals surface area contributed by atoms with Gasteiger partial charge in [-0.3, -0.25) is 0 Å². The quantitative estimate of drug-likeness (QED) is 0.793. The van der Waals surface area contributed by atoms with E-state index in [-0.39, 0.29) is 11.4 Å². The summed E-state index contributed by atoms with van der Waals surface area (Å²) in [4.78, 5) is 0.296. The van der Waals surface area contributed by atoms with E-state index >= 15 is 0 Å². The summed E-state index contributed by atoms with van der Waals surface area (Å²) < 4.78 is 32.2. The van der Waals surface area contributed by atoms with Crippen LogP contribution in [0.4, 0.5) is 0 Å². The lowest BCUT2D eigenvalue weighted by molar-refractivity contribution is 0.209. The predicted molar refractivity (Wildman–Crippen MR) is 90.4 cm³/mol. The first-order chi connectivity index (χ1) is 10.9. The Balaban J connectivity index is 1.91. The fourth-order valence-corrected chi connectivity index (χ4v) is 4.95. The molecule has 2 atom stereocenters. The van der Waals surface area contributed by atoms with Crippen LogP contribution in [0.25, 0.3) is 0 Å².